The van der Waals surface area contributed by atoms with E-state index in [1.807, 2.05) is 53.1 Å². The Kier molecular flexibility index (Phi) is 7.48. The third-order valence-corrected chi connectivity index (χ3v) is 6.24. The highest BCUT2D eigenvalue weighted by Gasteiger charge is 2.17. The number of hydrogen-bond acceptors (Lipinski definition) is 5. The van der Waals surface area contributed by atoms with Crippen LogP contribution in [0.2, 0.25) is 15.1 Å². The number of methoxy groups -OCH3 is 1. The number of ether oxygens (including phenoxy) is 2. The first-order valence-corrected chi connectivity index (χ1v) is 11.7. The van der Waals surface area contributed by atoms with Crippen LogP contribution in [0.5, 0.6) is 11.5 Å². The SMILES string of the molecule is COc1ccc(-n2c(SCCOc3ccc(Cl)cc3Cl)nnc2-c2ccccc2)cc1Cl. The molecule has 5 nitrogen and oxygen atoms in total. The third-order valence-electron chi connectivity index (χ3n) is 4.52. The van der Waals surface area contributed by atoms with Gasteiger partial charge in [0, 0.05) is 16.3 Å². The maximum absolute atomic E-state index is 6.39. The van der Waals surface area contributed by atoms with Crippen molar-refractivity contribution in [1.82, 2.24) is 14.8 Å². The Morgan fingerprint density at radius 3 is 2.34 bits per heavy atom. The van der Waals surface area contributed by atoms with Crippen molar-refractivity contribution in [3.8, 4) is 28.6 Å². The fraction of sp³-hybridized carbons (Fsp3) is 0.130. The number of hydrogen-bond donors (Lipinski definition) is 0. The molecule has 0 amide bonds. The van der Waals surface area contributed by atoms with Crippen LogP contribution >= 0.6 is 46.6 Å². The first-order chi connectivity index (χ1) is 15.6. The predicted octanol–water partition coefficient (Wildman–Crippen LogP) is 7.07. The zero-order valence-corrected chi connectivity index (χ0v) is 20.0. The standard InChI is InChI=1S/C23H18Cl3N3O2S/c1-30-20-10-8-17(14-19(20)26)29-22(15-5-3-2-4-6-15)27-28-23(29)32-12-11-31-21-9-7-16(24)13-18(21)25/h2-10,13-14H,11-12H2,1H3. The van der Waals surface area contributed by atoms with Crippen LogP contribution in [0, 0.1) is 0 Å². The van der Waals surface area contributed by atoms with Gasteiger partial charge in [-0.25, -0.2) is 0 Å². The van der Waals surface area contributed by atoms with Gasteiger partial charge in [-0.2, -0.15) is 0 Å². The van der Waals surface area contributed by atoms with Crippen molar-refractivity contribution < 1.29 is 9.47 Å². The van der Waals surface area contributed by atoms with Gasteiger partial charge in [0.05, 0.1) is 29.4 Å². The van der Waals surface area contributed by atoms with Crippen molar-refractivity contribution in [3.05, 3.63) is 81.8 Å². The number of halogens is 3. The average Bonchev–Trinajstić information content (AvgIpc) is 3.22. The summed E-state index contributed by atoms with van der Waals surface area (Å²) in [6.45, 7) is 0.433. The molecule has 0 N–H and O–H groups in total. The van der Waals surface area contributed by atoms with Crippen molar-refractivity contribution in [2.24, 2.45) is 0 Å². The monoisotopic (exact) mass is 505 g/mol. The molecule has 0 unspecified atom stereocenters. The predicted molar refractivity (Wildman–Crippen MR) is 131 cm³/mol. The van der Waals surface area contributed by atoms with Crippen LogP contribution in [0.25, 0.3) is 17.1 Å². The van der Waals surface area contributed by atoms with Gasteiger partial charge in [-0.3, -0.25) is 4.57 Å². The van der Waals surface area contributed by atoms with Crippen molar-refractivity contribution >= 4 is 46.6 Å². The molecule has 4 aromatic rings. The van der Waals surface area contributed by atoms with Crippen LogP contribution < -0.4 is 9.47 Å². The van der Waals surface area contributed by atoms with Crippen molar-refractivity contribution in [2.75, 3.05) is 19.5 Å². The van der Waals surface area contributed by atoms with E-state index in [0.717, 1.165) is 22.2 Å². The molecule has 0 saturated heterocycles. The summed E-state index contributed by atoms with van der Waals surface area (Å²) >= 11 is 20.0. The molecule has 0 aliphatic rings. The summed E-state index contributed by atoms with van der Waals surface area (Å²) in [4.78, 5) is 0. The summed E-state index contributed by atoms with van der Waals surface area (Å²) in [6, 6.07) is 20.6. The molecule has 1 heterocycles. The van der Waals surface area contributed by atoms with Crippen LogP contribution in [0.1, 0.15) is 0 Å². The zero-order valence-electron chi connectivity index (χ0n) is 17.0. The molecule has 0 aliphatic carbocycles. The molecule has 3 aromatic carbocycles. The van der Waals surface area contributed by atoms with E-state index >= 15 is 0 Å². The molecule has 32 heavy (non-hydrogen) atoms. The molecule has 9 heteroatoms. The van der Waals surface area contributed by atoms with Gasteiger partial charge < -0.3 is 9.47 Å². The highest BCUT2D eigenvalue weighted by atomic mass is 35.5. The van der Waals surface area contributed by atoms with E-state index in [0.29, 0.717) is 38.9 Å². The van der Waals surface area contributed by atoms with E-state index in [-0.39, 0.29) is 0 Å². The smallest absolute Gasteiger partial charge is 0.196 e. The molecule has 164 valence electrons. The minimum absolute atomic E-state index is 0.433. The normalized spacial score (nSPS) is 10.9. The second-order valence-corrected chi connectivity index (χ2v) is 8.91. The maximum atomic E-state index is 6.39. The fourth-order valence-electron chi connectivity index (χ4n) is 3.04. The molecule has 0 aliphatic heterocycles. The van der Waals surface area contributed by atoms with E-state index in [1.54, 1.807) is 25.3 Å². The van der Waals surface area contributed by atoms with Crippen LogP contribution in [0.15, 0.2) is 71.9 Å². The lowest BCUT2D eigenvalue weighted by molar-refractivity contribution is 0.344. The summed E-state index contributed by atoms with van der Waals surface area (Å²) < 4.78 is 13.1. The molecule has 0 radical (unpaired) electrons. The Labute approximate surface area is 205 Å². The summed E-state index contributed by atoms with van der Waals surface area (Å²) in [6.07, 6.45) is 0. The molecule has 4 rings (SSSR count). The van der Waals surface area contributed by atoms with Gasteiger partial charge >= 0.3 is 0 Å². The lowest BCUT2D eigenvalue weighted by Crippen LogP contribution is -2.04. The number of aromatic nitrogens is 3. The van der Waals surface area contributed by atoms with Crippen molar-refractivity contribution in [3.63, 3.8) is 0 Å². The van der Waals surface area contributed by atoms with E-state index in [1.165, 1.54) is 11.8 Å². The molecule has 0 spiro atoms. The lowest BCUT2D eigenvalue weighted by Gasteiger charge is -2.12. The van der Waals surface area contributed by atoms with Crippen LogP contribution in [-0.2, 0) is 0 Å². The Hall–Kier alpha value is -2.38. The van der Waals surface area contributed by atoms with Gasteiger partial charge in [-0.05, 0) is 36.4 Å². The Morgan fingerprint density at radius 1 is 0.875 bits per heavy atom. The Balaban J connectivity index is 1.58. The lowest BCUT2D eigenvalue weighted by atomic mass is 10.2. The molecule has 0 bridgehead atoms. The average molecular weight is 507 g/mol. The molecular formula is C23H18Cl3N3O2S. The van der Waals surface area contributed by atoms with Crippen LogP contribution in [0.3, 0.4) is 0 Å². The summed E-state index contributed by atoms with van der Waals surface area (Å²) in [5.41, 5.74) is 1.78. The third kappa shape index (κ3) is 5.15. The first kappa shape index (κ1) is 22.8. The topological polar surface area (TPSA) is 49.2 Å². The highest BCUT2D eigenvalue weighted by molar-refractivity contribution is 7.99. The quantitative estimate of drug-likeness (QED) is 0.189. The largest absolute Gasteiger partial charge is 0.495 e. The summed E-state index contributed by atoms with van der Waals surface area (Å²) in [7, 11) is 1.59. The minimum atomic E-state index is 0.433. The first-order valence-electron chi connectivity index (χ1n) is 9.62. The highest BCUT2D eigenvalue weighted by Crippen LogP contribution is 2.33. The number of thioether (sulfide) groups is 1. The van der Waals surface area contributed by atoms with Gasteiger partial charge in [-0.15, -0.1) is 10.2 Å². The molecule has 0 fully saturated rings. The van der Waals surface area contributed by atoms with Crippen molar-refractivity contribution in [2.45, 2.75) is 5.16 Å². The van der Waals surface area contributed by atoms with Gasteiger partial charge in [0.25, 0.3) is 0 Å². The Bertz CT molecular complexity index is 1220. The number of rotatable bonds is 8. The van der Waals surface area contributed by atoms with E-state index in [9.17, 15) is 0 Å². The van der Waals surface area contributed by atoms with Crippen LogP contribution in [-0.4, -0.2) is 34.2 Å². The van der Waals surface area contributed by atoms with E-state index < -0.39 is 0 Å². The summed E-state index contributed by atoms with van der Waals surface area (Å²) in [5, 5.41) is 11.1. The molecular weight excluding hydrogens is 489 g/mol. The van der Waals surface area contributed by atoms with Crippen molar-refractivity contribution in [1.29, 1.82) is 0 Å². The second kappa shape index (κ2) is 10.5. The molecule has 0 saturated carbocycles. The number of benzene rings is 3. The Morgan fingerprint density at radius 2 is 1.62 bits per heavy atom. The van der Waals surface area contributed by atoms with E-state index in [4.69, 9.17) is 44.3 Å². The second-order valence-electron chi connectivity index (χ2n) is 6.60. The fourth-order valence-corrected chi connectivity index (χ4v) is 4.53. The molecule has 0 atom stereocenters. The minimum Gasteiger partial charge on any atom is -0.495 e. The summed E-state index contributed by atoms with van der Waals surface area (Å²) in [5.74, 6) is 2.55. The van der Waals surface area contributed by atoms with Gasteiger partial charge in [-0.1, -0.05) is 76.9 Å². The number of nitrogens with zero attached hydrogens (tertiary/aromatic N) is 3. The van der Waals surface area contributed by atoms with Crippen LogP contribution in [0.4, 0.5) is 0 Å². The maximum Gasteiger partial charge on any atom is 0.196 e. The van der Waals surface area contributed by atoms with Gasteiger partial charge in [0.15, 0.2) is 11.0 Å². The van der Waals surface area contributed by atoms with Gasteiger partial charge in [0.2, 0.25) is 0 Å². The molecule has 1 aromatic heterocycles. The zero-order chi connectivity index (χ0) is 22.5. The van der Waals surface area contributed by atoms with Gasteiger partial charge in [0.1, 0.15) is 11.5 Å². The van der Waals surface area contributed by atoms with E-state index in [2.05, 4.69) is 10.2 Å².